The zero-order valence-electron chi connectivity index (χ0n) is 11.0. The van der Waals surface area contributed by atoms with Crippen LogP contribution in [0.3, 0.4) is 0 Å². The first-order valence-corrected chi connectivity index (χ1v) is 6.55. The molecule has 0 heterocycles. The van der Waals surface area contributed by atoms with Crippen molar-refractivity contribution in [3.63, 3.8) is 0 Å². The molecule has 0 aromatic carbocycles. The first kappa shape index (κ1) is 14.9. The van der Waals surface area contributed by atoms with Gasteiger partial charge in [-0.2, -0.15) is 0 Å². The summed E-state index contributed by atoms with van der Waals surface area (Å²) >= 11 is 0. The van der Waals surface area contributed by atoms with Crippen molar-refractivity contribution >= 4 is 0 Å². The highest BCUT2D eigenvalue weighted by molar-refractivity contribution is 4.65. The number of ether oxygens (including phenoxy) is 1. The van der Waals surface area contributed by atoms with Crippen LogP contribution in [0.1, 0.15) is 59.8 Å². The maximum absolute atomic E-state index is 5.50. The Hall–Kier alpha value is -0.0800. The van der Waals surface area contributed by atoms with Crippen LogP contribution in [-0.4, -0.2) is 25.3 Å². The van der Waals surface area contributed by atoms with Crippen LogP contribution in [0.2, 0.25) is 0 Å². The number of hydrogen-bond acceptors (Lipinski definition) is 2. The fraction of sp³-hybridized carbons (Fsp3) is 1.00. The van der Waals surface area contributed by atoms with E-state index < -0.39 is 0 Å². The SMILES string of the molecule is CCCC(CCC)NCCCOC(C)C. The zero-order valence-corrected chi connectivity index (χ0v) is 11.0. The van der Waals surface area contributed by atoms with Crippen LogP contribution in [0.5, 0.6) is 0 Å². The molecule has 92 valence electrons. The normalized spacial score (nSPS) is 11.6. The van der Waals surface area contributed by atoms with Crippen molar-refractivity contribution in [3.05, 3.63) is 0 Å². The molecular formula is C13H29NO. The van der Waals surface area contributed by atoms with Gasteiger partial charge in [-0.05, 0) is 39.7 Å². The molecule has 0 atom stereocenters. The van der Waals surface area contributed by atoms with Gasteiger partial charge in [-0.1, -0.05) is 26.7 Å². The number of nitrogens with one attached hydrogen (secondary N) is 1. The number of hydrogen-bond donors (Lipinski definition) is 1. The van der Waals surface area contributed by atoms with Crippen LogP contribution in [-0.2, 0) is 4.74 Å². The lowest BCUT2D eigenvalue weighted by atomic mass is 10.1. The van der Waals surface area contributed by atoms with Crippen LogP contribution >= 0.6 is 0 Å². The van der Waals surface area contributed by atoms with Gasteiger partial charge in [0.15, 0.2) is 0 Å². The lowest BCUT2D eigenvalue weighted by molar-refractivity contribution is 0.0766. The van der Waals surface area contributed by atoms with Gasteiger partial charge in [-0.25, -0.2) is 0 Å². The van der Waals surface area contributed by atoms with Gasteiger partial charge in [0.25, 0.3) is 0 Å². The molecule has 0 saturated carbocycles. The molecule has 0 fully saturated rings. The molecule has 0 aromatic heterocycles. The van der Waals surface area contributed by atoms with Crippen LogP contribution in [0.15, 0.2) is 0 Å². The highest BCUT2D eigenvalue weighted by Gasteiger charge is 2.04. The fourth-order valence-corrected chi connectivity index (χ4v) is 1.74. The second kappa shape index (κ2) is 10.4. The van der Waals surface area contributed by atoms with E-state index in [-0.39, 0.29) is 0 Å². The quantitative estimate of drug-likeness (QED) is 0.564. The summed E-state index contributed by atoms with van der Waals surface area (Å²) < 4.78 is 5.50. The second-order valence-electron chi connectivity index (χ2n) is 4.50. The molecule has 0 saturated heterocycles. The molecule has 1 N–H and O–H groups in total. The molecular weight excluding hydrogens is 186 g/mol. The molecule has 0 aliphatic heterocycles. The minimum absolute atomic E-state index is 0.368. The maximum atomic E-state index is 5.50. The van der Waals surface area contributed by atoms with Gasteiger partial charge in [-0.15, -0.1) is 0 Å². The predicted octanol–water partition coefficient (Wildman–Crippen LogP) is 3.36. The molecule has 2 heteroatoms. The Balaban J connectivity index is 3.36. The molecule has 0 spiro atoms. The molecule has 0 bridgehead atoms. The Bertz CT molecular complexity index is 120. The van der Waals surface area contributed by atoms with Gasteiger partial charge in [0.05, 0.1) is 6.10 Å². The van der Waals surface area contributed by atoms with Gasteiger partial charge in [0.1, 0.15) is 0 Å². The average molecular weight is 215 g/mol. The molecule has 0 aliphatic rings. The summed E-state index contributed by atoms with van der Waals surface area (Å²) in [5.41, 5.74) is 0. The van der Waals surface area contributed by atoms with Crippen molar-refractivity contribution in [3.8, 4) is 0 Å². The van der Waals surface area contributed by atoms with E-state index in [0.29, 0.717) is 6.10 Å². The van der Waals surface area contributed by atoms with Gasteiger partial charge in [-0.3, -0.25) is 0 Å². The average Bonchev–Trinajstić information content (AvgIpc) is 2.17. The van der Waals surface area contributed by atoms with E-state index in [9.17, 15) is 0 Å². The third-order valence-corrected chi connectivity index (χ3v) is 2.48. The van der Waals surface area contributed by atoms with Gasteiger partial charge < -0.3 is 10.1 Å². The summed E-state index contributed by atoms with van der Waals surface area (Å²) in [6.07, 6.45) is 6.66. The van der Waals surface area contributed by atoms with Crippen molar-refractivity contribution in [1.29, 1.82) is 0 Å². The van der Waals surface area contributed by atoms with Crippen LogP contribution in [0, 0.1) is 0 Å². The third-order valence-electron chi connectivity index (χ3n) is 2.48. The smallest absolute Gasteiger partial charge is 0.0518 e. The Labute approximate surface area is 95.8 Å². The van der Waals surface area contributed by atoms with Crippen molar-refractivity contribution in [2.45, 2.75) is 71.9 Å². The predicted molar refractivity (Wildman–Crippen MR) is 67.3 cm³/mol. The summed E-state index contributed by atoms with van der Waals surface area (Å²) in [6, 6.07) is 0.721. The topological polar surface area (TPSA) is 21.3 Å². The lowest BCUT2D eigenvalue weighted by Crippen LogP contribution is -2.30. The molecule has 0 radical (unpaired) electrons. The van der Waals surface area contributed by atoms with Crippen molar-refractivity contribution < 1.29 is 4.74 Å². The monoisotopic (exact) mass is 215 g/mol. The fourth-order valence-electron chi connectivity index (χ4n) is 1.74. The van der Waals surface area contributed by atoms with Crippen LogP contribution < -0.4 is 5.32 Å². The van der Waals surface area contributed by atoms with E-state index in [1.165, 1.54) is 25.7 Å². The Morgan fingerprint density at radius 3 is 2.13 bits per heavy atom. The van der Waals surface area contributed by atoms with E-state index in [1.807, 2.05) is 0 Å². The van der Waals surface area contributed by atoms with Crippen molar-refractivity contribution in [1.82, 2.24) is 5.32 Å². The van der Waals surface area contributed by atoms with Crippen LogP contribution in [0.4, 0.5) is 0 Å². The largest absolute Gasteiger partial charge is 0.379 e. The van der Waals surface area contributed by atoms with E-state index in [1.54, 1.807) is 0 Å². The molecule has 0 aromatic rings. The van der Waals surface area contributed by atoms with E-state index >= 15 is 0 Å². The Kier molecular flexibility index (Phi) is 10.4. The lowest BCUT2D eigenvalue weighted by Gasteiger charge is -2.17. The standard InChI is InChI=1S/C13H29NO/c1-5-8-13(9-6-2)14-10-7-11-15-12(3)4/h12-14H,5-11H2,1-4H3. The molecule has 0 unspecified atom stereocenters. The molecule has 2 nitrogen and oxygen atoms in total. The highest BCUT2D eigenvalue weighted by Crippen LogP contribution is 2.04. The molecule has 15 heavy (non-hydrogen) atoms. The third kappa shape index (κ3) is 10.2. The summed E-state index contributed by atoms with van der Waals surface area (Å²) in [6.45, 7) is 10.7. The number of rotatable bonds is 10. The first-order valence-electron chi connectivity index (χ1n) is 6.55. The Morgan fingerprint density at radius 2 is 1.67 bits per heavy atom. The van der Waals surface area contributed by atoms with Gasteiger partial charge in [0, 0.05) is 12.6 Å². The minimum Gasteiger partial charge on any atom is -0.379 e. The van der Waals surface area contributed by atoms with Gasteiger partial charge >= 0.3 is 0 Å². The van der Waals surface area contributed by atoms with E-state index in [2.05, 4.69) is 33.0 Å². The molecule has 0 rings (SSSR count). The maximum Gasteiger partial charge on any atom is 0.0518 e. The summed E-state index contributed by atoms with van der Waals surface area (Å²) in [5, 5.41) is 3.62. The summed E-state index contributed by atoms with van der Waals surface area (Å²) in [7, 11) is 0. The first-order chi connectivity index (χ1) is 7.20. The van der Waals surface area contributed by atoms with Gasteiger partial charge in [0.2, 0.25) is 0 Å². The molecule has 0 amide bonds. The molecule has 0 aliphatic carbocycles. The van der Waals surface area contributed by atoms with E-state index in [0.717, 1.165) is 25.6 Å². The van der Waals surface area contributed by atoms with Crippen molar-refractivity contribution in [2.75, 3.05) is 13.2 Å². The highest BCUT2D eigenvalue weighted by atomic mass is 16.5. The van der Waals surface area contributed by atoms with Crippen LogP contribution in [0.25, 0.3) is 0 Å². The minimum atomic E-state index is 0.368. The Morgan fingerprint density at radius 1 is 1.07 bits per heavy atom. The summed E-state index contributed by atoms with van der Waals surface area (Å²) in [5.74, 6) is 0. The van der Waals surface area contributed by atoms with Crippen molar-refractivity contribution in [2.24, 2.45) is 0 Å². The second-order valence-corrected chi connectivity index (χ2v) is 4.50. The zero-order chi connectivity index (χ0) is 11.5. The summed E-state index contributed by atoms with van der Waals surface area (Å²) in [4.78, 5) is 0. The van der Waals surface area contributed by atoms with E-state index in [4.69, 9.17) is 4.74 Å².